The number of amides is 1. The number of carbonyl (C=O) groups excluding carboxylic acids is 1. The molecular weight excluding hydrogens is 367 g/mol. The predicted molar refractivity (Wildman–Crippen MR) is 92.0 cm³/mol. The molecule has 108 valence electrons. The summed E-state index contributed by atoms with van der Waals surface area (Å²) in [4.78, 5) is 15.4. The molecule has 0 unspecified atom stereocenters. The van der Waals surface area contributed by atoms with E-state index in [1.165, 1.54) is 0 Å². The Balaban J connectivity index is 0.00000361. The van der Waals surface area contributed by atoms with Gasteiger partial charge in [-0.05, 0) is 24.6 Å². The Hall–Kier alpha value is -1.75. The highest BCUT2D eigenvalue weighted by atomic mass is 127. The number of carbonyl (C=O) groups is 1. The van der Waals surface area contributed by atoms with Crippen LogP contribution < -0.4 is 16.4 Å². The molecule has 1 amide bonds. The highest BCUT2D eigenvalue weighted by Gasteiger charge is 2.01. The molecule has 1 rings (SSSR count). The molecule has 0 bridgehead atoms. The Labute approximate surface area is 136 Å². The Bertz CT molecular complexity index is 508. The highest BCUT2D eigenvalue weighted by Crippen LogP contribution is 2.05. The lowest BCUT2D eigenvalue weighted by atomic mass is 10.1. The van der Waals surface area contributed by atoms with Crippen LogP contribution in [-0.4, -0.2) is 25.0 Å². The third-order valence-corrected chi connectivity index (χ3v) is 2.33. The van der Waals surface area contributed by atoms with Gasteiger partial charge >= 0.3 is 0 Å². The molecule has 20 heavy (non-hydrogen) atoms. The number of terminal acetylenes is 1. The molecule has 0 spiro atoms. The lowest BCUT2D eigenvalue weighted by molar-refractivity contribution is 0.1000. The van der Waals surface area contributed by atoms with Crippen LogP contribution >= 0.6 is 24.0 Å². The third kappa shape index (κ3) is 6.43. The summed E-state index contributed by atoms with van der Waals surface area (Å²) in [6.45, 7) is 3.58. The van der Waals surface area contributed by atoms with Crippen LogP contribution in [-0.2, 0) is 6.54 Å². The highest BCUT2D eigenvalue weighted by molar-refractivity contribution is 14.0. The molecule has 0 atom stereocenters. The number of primary amides is 1. The molecule has 4 N–H and O–H groups in total. The van der Waals surface area contributed by atoms with Gasteiger partial charge in [0.25, 0.3) is 0 Å². The molecule has 1 aromatic rings. The van der Waals surface area contributed by atoms with Crippen LogP contribution in [0.5, 0.6) is 0 Å². The molecule has 0 heterocycles. The van der Waals surface area contributed by atoms with E-state index in [1.54, 1.807) is 18.2 Å². The van der Waals surface area contributed by atoms with Crippen LogP contribution in [0.3, 0.4) is 0 Å². The van der Waals surface area contributed by atoms with E-state index in [-0.39, 0.29) is 24.0 Å². The summed E-state index contributed by atoms with van der Waals surface area (Å²) in [6, 6.07) is 7.08. The number of halogens is 1. The van der Waals surface area contributed by atoms with Crippen molar-refractivity contribution in [2.24, 2.45) is 10.7 Å². The van der Waals surface area contributed by atoms with Gasteiger partial charge in [-0.2, -0.15) is 0 Å². The van der Waals surface area contributed by atoms with Crippen LogP contribution in [0, 0.1) is 12.3 Å². The molecule has 0 aliphatic carbocycles. The Morgan fingerprint density at radius 2 is 2.20 bits per heavy atom. The number of guanidine groups is 1. The number of hydrogen-bond donors (Lipinski definition) is 3. The summed E-state index contributed by atoms with van der Waals surface area (Å²) >= 11 is 0. The van der Waals surface area contributed by atoms with Gasteiger partial charge in [0.1, 0.15) is 0 Å². The van der Waals surface area contributed by atoms with Crippen molar-refractivity contribution in [3.63, 3.8) is 0 Å². The molecule has 1 aromatic carbocycles. The molecule has 0 aromatic heterocycles. The summed E-state index contributed by atoms with van der Waals surface area (Å²) < 4.78 is 0. The average Bonchev–Trinajstić information content (AvgIpc) is 2.42. The van der Waals surface area contributed by atoms with Crippen molar-refractivity contribution in [1.82, 2.24) is 10.6 Å². The molecule has 0 saturated heterocycles. The zero-order valence-electron chi connectivity index (χ0n) is 11.3. The van der Waals surface area contributed by atoms with Crippen LogP contribution in [0.25, 0.3) is 0 Å². The summed E-state index contributed by atoms with van der Waals surface area (Å²) in [7, 11) is 0. The van der Waals surface area contributed by atoms with Crippen molar-refractivity contribution < 1.29 is 4.79 Å². The monoisotopic (exact) mass is 386 g/mol. The van der Waals surface area contributed by atoms with Gasteiger partial charge in [0, 0.05) is 12.1 Å². The largest absolute Gasteiger partial charge is 0.366 e. The molecule has 0 saturated carbocycles. The maximum absolute atomic E-state index is 11.1. The van der Waals surface area contributed by atoms with E-state index in [0.29, 0.717) is 24.6 Å². The third-order valence-electron chi connectivity index (χ3n) is 2.33. The predicted octanol–water partition coefficient (Wildman–Crippen LogP) is 1.09. The fourth-order valence-electron chi connectivity index (χ4n) is 1.47. The molecule has 0 radical (unpaired) electrons. The van der Waals surface area contributed by atoms with Gasteiger partial charge in [0.2, 0.25) is 5.91 Å². The summed E-state index contributed by atoms with van der Waals surface area (Å²) in [5.74, 6) is 2.69. The molecule has 6 heteroatoms. The summed E-state index contributed by atoms with van der Waals surface area (Å²) in [6.07, 6.45) is 5.19. The van der Waals surface area contributed by atoms with Gasteiger partial charge in [-0.1, -0.05) is 18.1 Å². The van der Waals surface area contributed by atoms with Crippen molar-refractivity contribution >= 4 is 35.8 Å². The molecule has 0 aliphatic rings. The van der Waals surface area contributed by atoms with Crippen molar-refractivity contribution in [3.8, 4) is 12.3 Å². The Kier molecular flexibility index (Phi) is 9.20. The van der Waals surface area contributed by atoms with Crippen LogP contribution in [0.1, 0.15) is 22.8 Å². The van der Waals surface area contributed by atoms with E-state index in [1.807, 2.05) is 13.0 Å². The number of hydrogen-bond acceptors (Lipinski definition) is 2. The van der Waals surface area contributed by atoms with Crippen molar-refractivity contribution in [2.75, 3.05) is 13.1 Å². The fraction of sp³-hybridized carbons (Fsp3) is 0.286. The van der Waals surface area contributed by atoms with E-state index in [9.17, 15) is 4.79 Å². The smallest absolute Gasteiger partial charge is 0.248 e. The van der Waals surface area contributed by atoms with E-state index < -0.39 is 5.91 Å². The standard InChI is InChI=1S/C14H18N4O.HI/c1-3-8-17-14(16-4-2)18-10-11-6-5-7-12(9-11)13(15)19;/h1,5-7,9H,4,8,10H2,2H3,(H2,15,19)(H2,16,17,18);1H. The second-order valence-electron chi connectivity index (χ2n) is 3.82. The summed E-state index contributed by atoms with van der Waals surface area (Å²) in [5.41, 5.74) is 6.62. The van der Waals surface area contributed by atoms with E-state index >= 15 is 0 Å². The Morgan fingerprint density at radius 1 is 1.45 bits per heavy atom. The maximum atomic E-state index is 11.1. The van der Waals surface area contributed by atoms with Crippen LogP contribution in [0.15, 0.2) is 29.3 Å². The number of aliphatic imine (C=N–C) groups is 1. The van der Waals surface area contributed by atoms with Crippen molar-refractivity contribution in [3.05, 3.63) is 35.4 Å². The molecular formula is C14H19IN4O. The first-order valence-electron chi connectivity index (χ1n) is 6.01. The second kappa shape index (κ2) is 10.1. The second-order valence-corrected chi connectivity index (χ2v) is 3.82. The Morgan fingerprint density at radius 3 is 2.80 bits per heavy atom. The molecule has 0 aliphatic heterocycles. The number of nitrogens with two attached hydrogens (primary N) is 1. The van der Waals surface area contributed by atoms with E-state index in [4.69, 9.17) is 12.2 Å². The minimum absolute atomic E-state index is 0. The van der Waals surface area contributed by atoms with Gasteiger partial charge in [-0.15, -0.1) is 30.4 Å². The molecule has 5 nitrogen and oxygen atoms in total. The number of benzene rings is 1. The summed E-state index contributed by atoms with van der Waals surface area (Å²) in [5, 5.41) is 6.07. The zero-order chi connectivity index (χ0) is 14.1. The topological polar surface area (TPSA) is 79.5 Å². The van der Waals surface area contributed by atoms with E-state index in [0.717, 1.165) is 12.1 Å². The molecule has 0 fully saturated rings. The normalized spacial score (nSPS) is 10.1. The van der Waals surface area contributed by atoms with Gasteiger partial charge in [0.15, 0.2) is 5.96 Å². The van der Waals surface area contributed by atoms with Gasteiger partial charge < -0.3 is 16.4 Å². The lowest BCUT2D eigenvalue weighted by Crippen LogP contribution is -2.37. The lowest BCUT2D eigenvalue weighted by Gasteiger charge is -2.08. The zero-order valence-corrected chi connectivity index (χ0v) is 13.7. The maximum Gasteiger partial charge on any atom is 0.248 e. The number of nitrogens with zero attached hydrogens (tertiary/aromatic N) is 1. The minimum atomic E-state index is -0.441. The minimum Gasteiger partial charge on any atom is -0.366 e. The van der Waals surface area contributed by atoms with Gasteiger partial charge in [0.05, 0.1) is 13.1 Å². The first kappa shape index (κ1) is 18.2. The quantitative estimate of drug-likeness (QED) is 0.307. The van der Waals surface area contributed by atoms with Crippen molar-refractivity contribution in [1.29, 1.82) is 0 Å². The average molecular weight is 386 g/mol. The van der Waals surface area contributed by atoms with Gasteiger partial charge in [-0.3, -0.25) is 4.79 Å². The van der Waals surface area contributed by atoms with Gasteiger partial charge in [-0.25, -0.2) is 4.99 Å². The first-order valence-corrected chi connectivity index (χ1v) is 6.01. The first-order chi connectivity index (χ1) is 9.17. The SMILES string of the molecule is C#CCNC(=NCc1cccc(C(N)=O)c1)NCC.I. The van der Waals surface area contributed by atoms with Crippen LogP contribution in [0.4, 0.5) is 0 Å². The van der Waals surface area contributed by atoms with E-state index in [2.05, 4.69) is 21.5 Å². The van der Waals surface area contributed by atoms with Crippen LogP contribution in [0.2, 0.25) is 0 Å². The van der Waals surface area contributed by atoms with Crippen molar-refractivity contribution in [2.45, 2.75) is 13.5 Å². The fourth-order valence-corrected chi connectivity index (χ4v) is 1.47. The number of nitrogens with one attached hydrogen (secondary N) is 2. The number of rotatable bonds is 5.